The van der Waals surface area contributed by atoms with E-state index in [4.69, 9.17) is 0 Å². The number of rotatable bonds is 8. The summed E-state index contributed by atoms with van der Waals surface area (Å²) in [5.41, 5.74) is 0. The molecular weight excluding hydrogens is 244 g/mol. The third kappa shape index (κ3) is 5.37. The monoisotopic (exact) mass is 282 g/mol. The lowest BCUT2D eigenvalue weighted by Gasteiger charge is -2.45. The van der Waals surface area contributed by atoms with Crippen molar-refractivity contribution in [2.45, 2.75) is 91.8 Å². The summed E-state index contributed by atoms with van der Waals surface area (Å²) in [6.07, 6.45) is 6.68. The SMILES string of the molecule is CCC(C)C1CN(C(C)CCCC(C)C)C(CC)CN1. The minimum Gasteiger partial charge on any atom is -0.311 e. The zero-order valence-electron chi connectivity index (χ0n) is 14.8. The van der Waals surface area contributed by atoms with Crippen LogP contribution >= 0.6 is 0 Å². The highest BCUT2D eigenvalue weighted by Gasteiger charge is 2.31. The van der Waals surface area contributed by atoms with Gasteiger partial charge in [-0.2, -0.15) is 0 Å². The molecule has 0 amide bonds. The van der Waals surface area contributed by atoms with Gasteiger partial charge < -0.3 is 5.32 Å². The highest BCUT2D eigenvalue weighted by Crippen LogP contribution is 2.22. The van der Waals surface area contributed by atoms with Crippen LogP contribution in [0.2, 0.25) is 0 Å². The molecule has 0 radical (unpaired) electrons. The second-order valence-electron chi connectivity index (χ2n) is 7.33. The van der Waals surface area contributed by atoms with Gasteiger partial charge in [0, 0.05) is 31.2 Å². The fourth-order valence-electron chi connectivity index (χ4n) is 3.42. The third-order valence-electron chi connectivity index (χ3n) is 5.26. The standard InChI is InChI=1S/C18H38N2/c1-7-15(5)18-13-20(17(8-2)12-19-18)16(6)11-9-10-14(3)4/h14-19H,7-13H2,1-6H3. The van der Waals surface area contributed by atoms with E-state index in [1.807, 2.05) is 0 Å². The Morgan fingerprint density at radius 2 is 1.80 bits per heavy atom. The predicted molar refractivity (Wildman–Crippen MR) is 90.2 cm³/mol. The molecule has 2 nitrogen and oxygen atoms in total. The lowest BCUT2D eigenvalue weighted by molar-refractivity contribution is 0.0660. The normalized spacial score (nSPS) is 27.8. The smallest absolute Gasteiger partial charge is 0.0221 e. The van der Waals surface area contributed by atoms with E-state index in [-0.39, 0.29) is 0 Å². The van der Waals surface area contributed by atoms with Gasteiger partial charge >= 0.3 is 0 Å². The average molecular weight is 283 g/mol. The molecule has 1 aliphatic heterocycles. The van der Waals surface area contributed by atoms with Crippen LogP contribution in [0, 0.1) is 11.8 Å². The number of nitrogens with zero attached hydrogens (tertiary/aromatic N) is 1. The molecule has 4 atom stereocenters. The van der Waals surface area contributed by atoms with Gasteiger partial charge in [-0.25, -0.2) is 0 Å². The summed E-state index contributed by atoms with van der Waals surface area (Å²) in [6.45, 7) is 16.6. The molecule has 0 saturated carbocycles. The minimum absolute atomic E-state index is 0.690. The van der Waals surface area contributed by atoms with Crippen LogP contribution in [0.25, 0.3) is 0 Å². The Hall–Kier alpha value is -0.0800. The quantitative estimate of drug-likeness (QED) is 0.714. The Balaban J connectivity index is 2.52. The van der Waals surface area contributed by atoms with Crippen LogP contribution in [0.4, 0.5) is 0 Å². The number of nitrogens with one attached hydrogen (secondary N) is 1. The largest absolute Gasteiger partial charge is 0.311 e. The summed E-state index contributed by atoms with van der Waals surface area (Å²) in [5, 5.41) is 3.79. The van der Waals surface area contributed by atoms with Crippen molar-refractivity contribution in [1.29, 1.82) is 0 Å². The van der Waals surface area contributed by atoms with Gasteiger partial charge in [0.2, 0.25) is 0 Å². The first-order chi connectivity index (χ1) is 9.49. The Kier molecular flexibility index (Phi) is 8.13. The molecule has 4 unspecified atom stereocenters. The molecular formula is C18H38N2. The first-order valence-electron chi connectivity index (χ1n) is 8.98. The molecule has 1 heterocycles. The van der Waals surface area contributed by atoms with Crippen LogP contribution in [0.5, 0.6) is 0 Å². The fraction of sp³-hybridized carbons (Fsp3) is 1.00. The topological polar surface area (TPSA) is 15.3 Å². The van der Waals surface area contributed by atoms with Crippen LogP contribution in [-0.2, 0) is 0 Å². The molecule has 1 rings (SSSR count). The maximum atomic E-state index is 3.79. The second-order valence-corrected chi connectivity index (χ2v) is 7.33. The zero-order valence-corrected chi connectivity index (χ0v) is 14.8. The summed E-state index contributed by atoms with van der Waals surface area (Å²) < 4.78 is 0. The summed E-state index contributed by atoms with van der Waals surface area (Å²) in [4.78, 5) is 2.80. The summed E-state index contributed by atoms with van der Waals surface area (Å²) in [7, 11) is 0. The van der Waals surface area contributed by atoms with E-state index in [2.05, 4.69) is 51.8 Å². The number of hydrogen-bond acceptors (Lipinski definition) is 2. The van der Waals surface area contributed by atoms with Gasteiger partial charge in [0.15, 0.2) is 0 Å². The van der Waals surface area contributed by atoms with Crippen LogP contribution in [0.3, 0.4) is 0 Å². The van der Waals surface area contributed by atoms with Gasteiger partial charge in [0.25, 0.3) is 0 Å². The Labute approximate surface area is 127 Å². The summed E-state index contributed by atoms with van der Waals surface area (Å²) in [6, 6.07) is 2.17. The van der Waals surface area contributed by atoms with Crippen molar-refractivity contribution in [2.24, 2.45) is 11.8 Å². The van der Waals surface area contributed by atoms with Crippen molar-refractivity contribution in [3.05, 3.63) is 0 Å². The van der Waals surface area contributed by atoms with Crippen molar-refractivity contribution in [3.8, 4) is 0 Å². The van der Waals surface area contributed by atoms with E-state index in [0.717, 1.165) is 23.9 Å². The van der Waals surface area contributed by atoms with E-state index in [1.54, 1.807) is 0 Å². The number of hydrogen-bond donors (Lipinski definition) is 1. The fourth-order valence-corrected chi connectivity index (χ4v) is 3.42. The molecule has 2 heteroatoms. The molecule has 0 aromatic heterocycles. The lowest BCUT2D eigenvalue weighted by atomic mass is 9.93. The molecule has 0 bridgehead atoms. The highest BCUT2D eigenvalue weighted by atomic mass is 15.3. The molecule has 1 N–H and O–H groups in total. The Bertz CT molecular complexity index is 252. The highest BCUT2D eigenvalue weighted by molar-refractivity contribution is 4.90. The van der Waals surface area contributed by atoms with E-state index in [1.165, 1.54) is 45.2 Å². The van der Waals surface area contributed by atoms with Crippen molar-refractivity contribution in [3.63, 3.8) is 0 Å². The molecule has 120 valence electrons. The van der Waals surface area contributed by atoms with Gasteiger partial charge in [0.05, 0.1) is 0 Å². The van der Waals surface area contributed by atoms with Crippen molar-refractivity contribution < 1.29 is 0 Å². The summed E-state index contributed by atoms with van der Waals surface area (Å²) >= 11 is 0. The van der Waals surface area contributed by atoms with Gasteiger partial charge in [-0.1, -0.05) is 53.9 Å². The van der Waals surface area contributed by atoms with Crippen LogP contribution in [-0.4, -0.2) is 36.1 Å². The molecule has 0 aliphatic carbocycles. The van der Waals surface area contributed by atoms with E-state index in [9.17, 15) is 0 Å². The molecule has 20 heavy (non-hydrogen) atoms. The number of piperazine rings is 1. The Morgan fingerprint density at radius 3 is 2.35 bits per heavy atom. The van der Waals surface area contributed by atoms with Crippen LogP contribution < -0.4 is 5.32 Å². The third-order valence-corrected chi connectivity index (χ3v) is 5.26. The molecule has 1 saturated heterocycles. The minimum atomic E-state index is 0.690. The molecule has 1 fully saturated rings. The van der Waals surface area contributed by atoms with Crippen molar-refractivity contribution >= 4 is 0 Å². The van der Waals surface area contributed by atoms with Crippen LogP contribution in [0.1, 0.15) is 73.6 Å². The first-order valence-corrected chi connectivity index (χ1v) is 8.98. The first kappa shape index (κ1) is 18.0. The lowest BCUT2D eigenvalue weighted by Crippen LogP contribution is -2.60. The maximum absolute atomic E-state index is 3.79. The van der Waals surface area contributed by atoms with Crippen LogP contribution in [0.15, 0.2) is 0 Å². The molecule has 1 aliphatic rings. The van der Waals surface area contributed by atoms with E-state index in [0.29, 0.717) is 6.04 Å². The molecule has 0 aromatic rings. The van der Waals surface area contributed by atoms with Crippen molar-refractivity contribution in [2.75, 3.05) is 13.1 Å². The average Bonchev–Trinajstić information content (AvgIpc) is 2.45. The van der Waals surface area contributed by atoms with E-state index < -0.39 is 0 Å². The Morgan fingerprint density at radius 1 is 1.10 bits per heavy atom. The van der Waals surface area contributed by atoms with Gasteiger partial charge in [-0.3, -0.25) is 4.90 Å². The molecule has 0 spiro atoms. The predicted octanol–water partition coefficient (Wildman–Crippen LogP) is 4.30. The second kappa shape index (κ2) is 9.04. The summed E-state index contributed by atoms with van der Waals surface area (Å²) in [5.74, 6) is 1.64. The van der Waals surface area contributed by atoms with Gasteiger partial charge in [0.1, 0.15) is 0 Å². The zero-order chi connectivity index (χ0) is 15.1. The van der Waals surface area contributed by atoms with Crippen molar-refractivity contribution in [1.82, 2.24) is 10.2 Å². The molecule has 0 aromatic carbocycles. The van der Waals surface area contributed by atoms with Gasteiger partial charge in [-0.05, 0) is 31.6 Å². The van der Waals surface area contributed by atoms with E-state index >= 15 is 0 Å². The maximum Gasteiger partial charge on any atom is 0.0221 e. The van der Waals surface area contributed by atoms with Gasteiger partial charge in [-0.15, -0.1) is 0 Å².